The lowest BCUT2D eigenvalue weighted by Gasteiger charge is -2.17. The highest BCUT2D eigenvalue weighted by Crippen LogP contribution is 2.19. The number of rotatable bonds is 3. The van der Waals surface area contributed by atoms with Crippen molar-refractivity contribution in [3.05, 3.63) is 29.8 Å². The SMILES string of the molecule is CC(O)c1ccc(NC(=O)N2CCC(CO)C2)cc1. The van der Waals surface area contributed by atoms with Gasteiger partial charge < -0.3 is 20.4 Å². The van der Waals surface area contributed by atoms with E-state index in [9.17, 15) is 9.90 Å². The van der Waals surface area contributed by atoms with Crippen LogP contribution in [0.5, 0.6) is 0 Å². The summed E-state index contributed by atoms with van der Waals surface area (Å²) in [5.74, 6) is 0.198. The number of carbonyl (C=O) groups excluding carboxylic acids is 1. The molecule has 0 spiro atoms. The van der Waals surface area contributed by atoms with Gasteiger partial charge in [0.15, 0.2) is 0 Å². The molecule has 0 aliphatic carbocycles. The van der Waals surface area contributed by atoms with E-state index in [1.807, 2.05) is 0 Å². The van der Waals surface area contributed by atoms with Crippen molar-refractivity contribution in [3.63, 3.8) is 0 Å². The average molecular weight is 264 g/mol. The van der Waals surface area contributed by atoms with E-state index in [4.69, 9.17) is 5.11 Å². The van der Waals surface area contributed by atoms with E-state index in [0.717, 1.165) is 12.0 Å². The van der Waals surface area contributed by atoms with E-state index in [0.29, 0.717) is 18.8 Å². The third-order valence-electron chi connectivity index (χ3n) is 3.48. The molecule has 1 heterocycles. The molecule has 104 valence electrons. The van der Waals surface area contributed by atoms with Gasteiger partial charge in [0.25, 0.3) is 0 Å². The number of hydrogen-bond acceptors (Lipinski definition) is 3. The summed E-state index contributed by atoms with van der Waals surface area (Å²) in [5, 5.41) is 21.3. The fraction of sp³-hybridized carbons (Fsp3) is 0.500. The van der Waals surface area contributed by atoms with Crippen LogP contribution in [0.15, 0.2) is 24.3 Å². The molecule has 0 radical (unpaired) electrons. The van der Waals surface area contributed by atoms with Gasteiger partial charge in [-0.3, -0.25) is 0 Å². The number of nitrogens with one attached hydrogen (secondary N) is 1. The second-order valence-corrected chi connectivity index (χ2v) is 5.01. The van der Waals surface area contributed by atoms with E-state index >= 15 is 0 Å². The average Bonchev–Trinajstić information content (AvgIpc) is 2.88. The zero-order valence-corrected chi connectivity index (χ0v) is 11.0. The smallest absolute Gasteiger partial charge is 0.321 e. The normalized spacial score (nSPS) is 20.4. The number of carbonyl (C=O) groups is 1. The molecule has 5 nitrogen and oxygen atoms in total. The maximum absolute atomic E-state index is 12.0. The highest BCUT2D eigenvalue weighted by molar-refractivity contribution is 5.89. The standard InChI is InChI=1S/C14H20N2O3/c1-10(18)12-2-4-13(5-3-12)15-14(19)16-7-6-11(8-16)9-17/h2-5,10-11,17-18H,6-9H2,1H3,(H,15,19). The van der Waals surface area contributed by atoms with Gasteiger partial charge in [-0.2, -0.15) is 0 Å². The summed E-state index contributed by atoms with van der Waals surface area (Å²) in [7, 11) is 0. The quantitative estimate of drug-likeness (QED) is 0.776. The molecule has 19 heavy (non-hydrogen) atoms. The first-order chi connectivity index (χ1) is 9.10. The molecule has 2 rings (SSSR count). The van der Waals surface area contributed by atoms with E-state index in [-0.39, 0.29) is 18.6 Å². The zero-order valence-electron chi connectivity index (χ0n) is 11.0. The minimum Gasteiger partial charge on any atom is -0.396 e. The van der Waals surface area contributed by atoms with Crippen LogP contribution in [0, 0.1) is 5.92 Å². The van der Waals surface area contributed by atoms with Gasteiger partial charge in [0.05, 0.1) is 6.10 Å². The van der Waals surface area contributed by atoms with E-state index in [1.165, 1.54) is 0 Å². The van der Waals surface area contributed by atoms with Crippen LogP contribution in [-0.2, 0) is 0 Å². The highest BCUT2D eigenvalue weighted by Gasteiger charge is 2.25. The third kappa shape index (κ3) is 3.45. The van der Waals surface area contributed by atoms with Crippen molar-refractivity contribution in [1.29, 1.82) is 0 Å². The number of hydrogen-bond donors (Lipinski definition) is 3. The molecular weight excluding hydrogens is 244 g/mol. The molecule has 1 aliphatic heterocycles. The largest absolute Gasteiger partial charge is 0.396 e. The molecule has 1 aliphatic rings. The highest BCUT2D eigenvalue weighted by atomic mass is 16.3. The van der Waals surface area contributed by atoms with Gasteiger partial charge in [0.2, 0.25) is 0 Å². The molecule has 1 fully saturated rings. The molecule has 2 amide bonds. The fourth-order valence-corrected chi connectivity index (χ4v) is 2.21. The van der Waals surface area contributed by atoms with Crippen LogP contribution in [-0.4, -0.2) is 40.8 Å². The summed E-state index contributed by atoms with van der Waals surface area (Å²) in [6.07, 6.45) is 0.346. The maximum Gasteiger partial charge on any atom is 0.321 e. The molecule has 1 saturated heterocycles. The Kier molecular flexibility index (Phi) is 4.39. The topological polar surface area (TPSA) is 72.8 Å². The third-order valence-corrected chi connectivity index (χ3v) is 3.48. The van der Waals surface area contributed by atoms with Gasteiger partial charge in [-0.1, -0.05) is 12.1 Å². The summed E-state index contributed by atoms with van der Waals surface area (Å²) >= 11 is 0. The number of amides is 2. The molecule has 2 unspecified atom stereocenters. The predicted octanol–water partition coefficient (Wildman–Crippen LogP) is 1.59. The lowest BCUT2D eigenvalue weighted by molar-refractivity contribution is 0.199. The van der Waals surface area contributed by atoms with E-state index in [2.05, 4.69) is 5.32 Å². The van der Waals surface area contributed by atoms with Gasteiger partial charge in [-0.05, 0) is 31.0 Å². The summed E-state index contributed by atoms with van der Waals surface area (Å²) in [4.78, 5) is 13.7. The molecule has 2 atom stereocenters. The Morgan fingerprint density at radius 1 is 1.47 bits per heavy atom. The van der Waals surface area contributed by atoms with Crippen LogP contribution in [0.4, 0.5) is 10.5 Å². The Morgan fingerprint density at radius 2 is 2.16 bits per heavy atom. The van der Waals surface area contributed by atoms with Gasteiger partial charge >= 0.3 is 6.03 Å². The summed E-state index contributed by atoms with van der Waals surface area (Å²) in [5.41, 5.74) is 1.53. The molecule has 1 aromatic rings. The second kappa shape index (κ2) is 6.04. The van der Waals surface area contributed by atoms with Crippen molar-refractivity contribution >= 4 is 11.7 Å². The predicted molar refractivity (Wildman–Crippen MR) is 72.9 cm³/mol. The Labute approximate surface area is 112 Å². The first-order valence-electron chi connectivity index (χ1n) is 6.55. The van der Waals surface area contributed by atoms with Gasteiger partial charge in [0, 0.05) is 31.3 Å². The number of aliphatic hydroxyl groups is 2. The van der Waals surface area contributed by atoms with Gasteiger partial charge in [-0.15, -0.1) is 0 Å². The number of likely N-dealkylation sites (tertiary alicyclic amines) is 1. The van der Waals surface area contributed by atoms with Crippen LogP contribution >= 0.6 is 0 Å². The van der Waals surface area contributed by atoms with E-state index in [1.54, 1.807) is 36.1 Å². The first kappa shape index (κ1) is 13.8. The molecule has 0 bridgehead atoms. The van der Waals surface area contributed by atoms with Crippen LogP contribution in [0.1, 0.15) is 25.0 Å². The van der Waals surface area contributed by atoms with Crippen molar-refractivity contribution in [2.24, 2.45) is 5.92 Å². The summed E-state index contributed by atoms with van der Waals surface area (Å²) < 4.78 is 0. The second-order valence-electron chi connectivity index (χ2n) is 5.01. The maximum atomic E-state index is 12.0. The Morgan fingerprint density at radius 3 is 2.68 bits per heavy atom. The van der Waals surface area contributed by atoms with Crippen LogP contribution in [0.25, 0.3) is 0 Å². The van der Waals surface area contributed by atoms with Gasteiger partial charge in [0.1, 0.15) is 0 Å². The van der Waals surface area contributed by atoms with Crippen LogP contribution in [0.2, 0.25) is 0 Å². The van der Waals surface area contributed by atoms with Crippen molar-refractivity contribution in [2.45, 2.75) is 19.4 Å². The minimum atomic E-state index is -0.506. The van der Waals surface area contributed by atoms with Crippen molar-refractivity contribution < 1.29 is 15.0 Å². The minimum absolute atomic E-state index is 0.132. The number of aliphatic hydroxyl groups excluding tert-OH is 2. The zero-order chi connectivity index (χ0) is 13.8. The van der Waals surface area contributed by atoms with Crippen LogP contribution in [0.3, 0.4) is 0 Å². The lowest BCUT2D eigenvalue weighted by Crippen LogP contribution is -2.33. The summed E-state index contributed by atoms with van der Waals surface area (Å²) in [6, 6.07) is 7.00. The first-order valence-corrected chi connectivity index (χ1v) is 6.55. The lowest BCUT2D eigenvalue weighted by atomic mass is 10.1. The van der Waals surface area contributed by atoms with Crippen LogP contribution < -0.4 is 5.32 Å². The van der Waals surface area contributed by atoms with E-state index < -0.39 is 6.10 Å². The summed E-state index contributed by atoms with van der Waals surface area (Å²) in [6.45, 7) is 3.12. The molecule has 0 aromatic heterocycles. The number of anilines is 1. The van der Waals surface area contributed by atoms with Crippen molar-refractivity contribution in [2.75, 3.05) is 25.0 Å². The molecule has 0 saturated carbocycles. The Bertz CT molecular complexity index is 431. The van der Waals surface area contributed by atoms with Crippen molar-refractivity contribution in [1.82, 2.24) is 4.90 Å². The molecule has 5 heteroatoms. The number of benzene rings is 1. The molecule has 1 aromatic carbocycles. The number of nitrogens with zero attached hydrogens (tertiary/aromatic N) is 1. The monoisotopic (exact) mass is 264 g/mol. The fourth-order valence-electron chi connectivity index (χ4n) is 2.21. The van der Waals surface area contributed by atoms with Crippen molar-refractivity contribution in [3.8, 4) is 0 Å². The molecular formula is C14H20N2O3. The Hall–Kier alpha value is -1.59. The Balaban J connectivity index is 1.92. The number of urea groups is 1. The molecule has 3 N–H and O–H groups in total. The van der Waals surface area contributed by atoms with Gasteiger partial charge in [-0.25, -0.2) is 4.79 Å².